The van der Waals surface area contributed by atoms with Gasteiger partial charge in [-0.3, -0.25) is 9.59 Å². The van der Waals surface area contributed by atoms with Crippen LogP contribution in [0.3, 0.4) is 0 Å². The molecule has 172 valence electrons. The Morgan fingerprint density at radius 1 is 0.939 bits per heavy atom. The molecule has 6 heteroatoms. The average Bonchev–Trinajstić information content (AvgIpc) is 2.87. The van der Waals surface area contributed by atoms with E-state index < -0.39 is 0 Å². The molecule has 0 aromatic heterocycles. The van der Waals surface area contributed by atoms with Gasteiger partial charge in [0.15, 0.2) is 0 Å². The van der Waals surface area contributed by atoms with Crippen LogP contribution in [0, 0.1) is 5.92 Å². The molecule has 0 aliphatic carbocycles. The van der Waals surface area contributed by atoms with Crippen LogP contribution in [0.2, 0.25) is 0 Å². The zero-order valence-corrected chi connectivity index (χ0v) is 19.4. The zero-order chi connectivity index (χ0) is 23.4. The number of benzene rings is 3. The Bertz CT molecular complexity index is 1160. The van der Waals surface area contributed by atoms with E-state index in [0.29, 0.717) is 25.2 Å². The van der Waals surface area contributed by atoms with Gasteiger partial charge in [-0.2, -0.15) is 0 Å². The number of amides is 2. The second-order valence-electron chi connectivity index (χ2n) is 8.46. The lowest BCUT2D eigenvalue weighted by Gasteiger charge is -2.34. The van der Waals surface area contributed by atoms with Gasteiger partial charge in [-0.1, -0.05) is 42.5 Å². The van der Waals surface area contributed by atoms with Crippen molar-refractivity contribution in [3.05, 3.63) is 71.8 Å². The molecule has 0 saturated carbocycles. The van der Waals surface area contributed by atoms with Gasteiger partial charge < -0.3 is 19.3 Å². The molecule has 0 radical (unpaired) electrons. The number of hydrogen-bond acceptors (Lipinski definition) is 4. The third-order valence-electron chi connectivity index (χ3n) is 6.37. The Balaban J connectivity index is 1.50. The second-order valence-corrected chi connectivity index (χ2v) is 8.46. The third kappa shape index (κ3) is 4.65. The van der Waals surface area contributed by atoms with Gasteiger partial charge in [0.05, 0.1) is 20.1 Å². The van der Waals surface area contributed by atoms with Crippen molar-refractivity contribution in [2.75, 3.05) is 34.4 Å². The first-order valence-corrected chi connectivity index (χ1v) is 11.3. The molecular weight excluding hydrogens is 416 g/mol. The number of piperidine rings is 1. The number of para-hydroxylation sites is 1. The lowest BCUT2D eigenvalue weighted by atomic mass is 9.95. The molecule has 0 spiro atoms. The molecule has 33 heavy (non-hydrogen) atoms. The number of nitrogens with zero attached hydrogens (tertiary/aromatic N) is 2. The van der Waals surface area contributed by atoms with E-state index in [2.05, 4.69) is 0 Å². The van der Waals surface area contributed by atoms with Gasteiger partial charge in [-0.25, -0.2) is 0 Å². The van der Waals surface area contributed by atoms with Crippen molar-refractivity contribution >= 4 is 22.6 Å². The highest BCUT2D eigenvalue weighted by molar-refractivity contribution is 6.08. The van der Waals surface area contributed by atoms with Gasteiger partial charge in [-0.05, 0) is 36.4 Å². The van der Waals surface area contributed by atoms with Crippen molar-refractivity contribution in [1.29, 1.82) is 0 Å². The van der Waals surface area contributed by atoms with Crippen molar-refractivity contribution in [3.63, 3.8) is 0 Å². The fraction of sp³-hybridized carbons (Fsp3) is 0.333. The van der Waals surface area contributed by atoms with E-state index in [1.165, 1.54) is 0 Å². The summed E-state index contributed by atoms with van der Waals surface area (Å²) in [6, 6.07) is 19.1. The molecule has 0 N–H and O–H groups in total. The van der Waals surface area contributed by atoms with Crippen molar-refractivity contribution in [2.45, 2.75) is 19.4 Å². The molecule has 3 aromatic rings. The van der Waals surface area contributed by atoms with E-state index in [1.807, 2.05) is 72.6 Å². The van der Waals surface area contributed by atoms with Crippen molar-refractivity contribution in [1.82, 2.24) is 9.80 Å². The van der Waals surface area contributed by atoms with E-state index in [0.717, 1.165) is 40.7 Å². The summed E-state index contributed by atoms with van der Waals surface area (Å²) in [6.07, 6.45) is 1.58. The summed E-state index contributed by atoms with van der Waals surface area (Å²) in [5, 5.41) is 1.77. The Kier molecular flexibility index (Phi) is 6.82. The zero-order valence-electron chi connectivity index (χ0n) is 19.4. The summed E-state index contributed by atoms with van der Waals surface area (Å²) in [6.45, 7) is 1.55. The fourth-order valence-corrected chi connectivity index (χ4v) is 4.65. The second kappa shape index (κ2) is 9.94. The maximum atomic E-state index is 13.5. The Hall–Kier alpha value is -3.54. The Morgan fingerprint density at radius 2 is 1.64 bits per heavy atom. The number of carbonyl (C=O) groups excluding carboxylic acids is 2. The highest BCUT2D eigenvalue weighted by Crippen LogP contribution is 2.30. The predicted octanol–water partition coefficient (Wildman–Crippen LogP) is 4.37. The monoisotopic (exact) mass is 446 g/mol. The molecule has 1 aliphatic rings. The lowest BCUT2D eigenvalue weighted by Crippen LogP contribution is -2.45. The molecule has 6 nitrogen and oxygen atoms in total. The number of carbonyl (C=O) groups is 2. The van der Waals surface area contributed by atoms with E-state index in [-0.39, 0.29) is 17.7 Å². The molecule has 4 rings (SSSR count). The lowest BCUT2D eigenvalue weighted by molar-refractivity contribution is -0.136. The minimum Gasteiger partial charge on any atom is -0.496 e. The topological polar surface area (TPSA) is 59.1 Å². The van der Waals surface area contributed by atoms with E-state index in [4.69, 9.17) is 9.47 Å². The van der Waals surface area contributed by atoms with Crippen LogP contribution in [-0.4, -0.2) is 56.0 Å². The molecule has 2 amide bonds. The number of hydrogen-bond donors (Lipinski definition) is 0. The van der Waals surface area contributed by atoms with Crippen LogP contribution in [0.5, 0.6) is 11.5 Å². The summed E-state index contributed by atoms with van der Waals surface area (Å²) in [4.78, 5) is 30.3. The SMILES string of the molecule is COc1ccccc1CN(C)C(=O)[C@H]1CCCN(C(=O)c2ccc(OC)c3ccccc23)C1. The average molecular weight is 447 g/mol. The first kappa shape index (κ1) is 22.6. The minimum absolute atomic E-state index is 0.0428. The normalized spacial score (nSPS) is 15.8. The summed E-state index contributed by atoms with van der Waals surface area (Å²) < 4.78 is 10.9. The Labute approximate surface area is 194 Å². The van der Waals surface area contributed by atoms with Crippen LogP contribution in [0.1, 0.15) is 28.8 Å². The van der Waals surface area contributed by atoms with Crippen LogP contribution in [0.4, 0.5) is 0 Å². The summed E-state index contributed by atoms with van der Waals surface area (Å²) >= 11 is 0. The maximum absolute atomic E-state index is 13.5. The van der Waals surface area contributed by atoms with Crippen molar-refractivity contribution < 1.29 is 19.1 Å². The smallest absolute Gasteiger partial charge is 0.254 e. The van der Waals surface area contributed by atoms with Crippen molar-refractivity contribution in [3.8, 4) is 11.5 Å². The first-order chi connectivity index (χ1) is 16.0. The maximum Gasteiger partial charge on any atom is 0.254 e. The largest absolute Gasteiger partial charge is 0.496 e. The molecule has 1 saturated heterocycles. The van der Waals surface area contributed by atoms with Crippen LogP contribution in [-0.2, 0) is 11.3 Å². The standard InChI is InChI=1S/C27H30N2O4/c1-28(17-19-9-4-7-13-24(19)32-2)26(30)20-10-8-16-29(18-20)27(31)23-14-15-25(33-3)22-12-6-5-11-21(22)23/h4-7,9,11-15,20H,8,10,16-18H2,1-3H3/t20-/m0/s1. The van der Waals surface area contributed by atoms with Gasteiger partial charge in [0.1, 0.15) is 11.5 Å². The molecule has 1 fully saturated rings. The molecule has 0 unspecified atom stereocenters. The van der Waals surface area contributed by atoms with Gasteiger partial charge in [0, 0.05) is 43.2 Å². The highest BCUT2D eigenvalue weighted by atomic mass is 16.5. The summed E-state index contributed by atoms with van der Waals surface area (Å²) in [5.74, 6) is 1.31. The number of methoxy groups -OCH3 is 2. The van der Waals surface area contributed by atoms with Gasteiger partial charge in [0.25, 0.3) is 5.91 Å². The molecular formula is C27H30N2O4. The van der Waals surface area contributed by atoms with Crippen molar-refractivity contribution in [2.24, 2.45) is 5.92 Å². The minimum atomic E-state index is -0.216. The van der Waals surface area contributed by atoms with E-state index in [1.54, 1.807) is 19.1 Å². The summed E-state index contributed by atoms with van der Waals surface area (Å²) in [5.41, 5.74) is 1.60. The third-order valence-corrected chi connectivity index (χ3v) is 6.37. The van der Waals surface area contributed by atoms with Gasteiger partial charge in [-0.15, -0.1) is 0 Å². The van der Waals surface area contributed by atoms with Crippen LogP contribution in [0.25, 0.3) is 10.8 Å². The Morgan fingerprint density at radius 3 is 2.39 bits per heavy atom. The number of likely N-dealkylation sites (tertiary alicyclic amines) is 1. The fourth-order valence-electron chi connectivity index (χ4n) is 4.65. The van der Waals surface area contributed by atoms with Crippen LogP contribution in [0.15, 0.2) is 60.7 Å². The first-order valence-electron chi connectivity index (χ1n) is 11.3. The number of rotatable bonds is 6. The van der Waals surface area contributed by atoms with E-state index in [9.17, 15) is 9.59 Å². The quantitative estimate of drug-likeness (QED) is 0.564. The molecule has 1 heterocycles. The van der Waals surface area contributed by atoms with Crippen LogP contribution < -0.4 is 9.47 Å². The summed E-state index contributed by atoms with van der Waals surface area (Å²) in [7, 11) is 5.08. The molecule has 1 atom stereocenters. The number of ether oxygens (including phenoxy) is 2. The highest BCUT2D eigenvalue weighted by Gasteiger charge is 2.31. The predicted molar refractivity (Wildman–Crippen MR) is 129 cm³/mol. The number of fused-ring (bicyclic) bond motifs is 1. The van der Waals surface area contributed by atoms with E-state index >= 15 is 0 Å². The molecule has 3 aromatic carbocycles. The van der Waals surface area contributed by atoms with Crippen LogP contribution >= 0.6 is 0 Å². The molecule has 0 bridgehead atoms. The van der Waals surface area contributed by atoms with Gasteiger partial charge >= 0.3 is 0 Å². The molecule has 1 aliphatic heterocycles. The van der Waals surface area contributed by atoms with Gasteiger partial charge in [0.2, 0.25) is 5.91 Å².